The lowest BCUT2D eigenvalue weighted by Gasteiger charge is -2.18. The summed E-state index contributed by atoms with van der Waals surface area (Å²) in [5, 5.41) is 0.718. The molecule has 0 saturated carbocycles. The summed E-state index contributed by atoms with van der Waals surface area (Å²) in [6.45, 7) is 8.82. The van der Waals surface area contributed by atoms with Crippen LogP contribution in [0.4, 0.5) is 0 Å². The predicted octanol–water partition coefficient (Wildman–Crippen LogP) is 3.64. The molecule has 2 nitrogen and oxygen atoms in total. The number of nitrogens with two attached hydrogens (primary N) is 1. The van der Waals surface area contributed by atoms with Crippen LogP contribution in [-0.2, 0) is 6.42 Å². The van der Waals surface area contributed by atoms with E-state index < -0.39 is 0 Å². The molecule has 1 aromatic rings. The predicted molar refractivity (Wildman–Crippen MR) is 74.1 cm³/mol. The van der Waals surface area contributed by atoms with Gasteiger partial charge in [0, 0.05) is 6.04 Å². The van der Waals surface area contributed by atoms with Gasteiger partial charge in [-0.15, -0.1) is 0 Å². The van der Waals surface area contributed by atoms with Gasteiger partial charge < -0.3 is 10.5 Å². The van der Waals surface area contributed by atoms with Gasteiger partial charge in [0.25, 0.3) is 0 Å². The van der Waals surface area contributed by atoms with Crippen molar-refractivity contribution in [3.8, 4) is 5.75 Å². The number of rotatable bonds is 5. The van der Waals surface area contributed by atoms with Crippen molar-refractivity contribution in [2.24, 2.45) is 5.73 Å². The molecule has 1 aromatic carbocycles. The Morgan fingerprint density at radius 3 is 2.53 bits per heavy atom. The van der Waals surface area contributed by atoms with E-state index in [0.29, 0.717) is 6.61 Å². The molecule has 0 aliphatic heterocycles. The van der Waals surface area contributed by atoms with E-state index in [0.717, 1.165) is 29.2 Å². The smallest absolute Gasteiger partial charge is 0.138 e. The van der Waals surface area contributed by atoms with Crippen LogP contribution in [0.5, 0.6) is 5.75 Å². The minimum Gasteiger partial charge on any atom is -0.492 e. The van der Waals surface area contributed by atoms with Crippen LogP contribution in [0.2, 0.25) is 5.02 Å². The van der Waals surface area contributed by atoms with E-state index in [1.54, 1.807) is 0 Å². The Balaban J connectivity index is 3.11. The molecule has 0 bridgehead atoms. The SMILES string of the molecule is CCOc1cc(C)c(CC(N)CC)c(C)c1Cl. The highest BCUT2D eigenvalue weighted by molar-refractivity contribution is 6.33. The monoisotopic (exact) mass is 255 g/mol. The van der Waals surface area contributed by atoms with Crippen LogP contribution in [0.3, 0.4) is 0 Å². The van der Waals surface area contributed by atoms with Gasteiger partial charge in [0.1, 0.15) is 5.75 Å². The number of halogens is 1. The molecule has 1 rings (SSSR count). The molecule has 3 heteroatoms. The van der Waals surface area contributed by atoms with Gasteiger partial charge in [0.05, 0.1) is 11.6 Å². The van der Waals surface area contributed by atoms with E-state index in [9.17, 15) is 0 Å². The van der Waals surface area contributed by atoms with Crippen molar-refractivity contribution in [2.45, 2.75) is 46.6 Å². The summed E-state index contributed by atoms with van der Waals surface area (Å²) in [6, 6.07) is 2.21. The summed E-state index contributed by atoms with van der Waals surface area (Å²) in [5.41, 5.74) is 9.58. The minimum absolute atomic E-state index is 0.196. The first kappa shape index (κ1) is 14.3. The number of hydrogen-bond donors (Lipinski definition) is 1. The number of benzene rings is 1. The molecule has 0 fully saturated rings. The maximum atomic E-state index is 6.31. The van der Waals surface area contributed by atoms with Gasteiger partial charge in [0.2, 0.25) is 0 Å². The maximum Gasteiger partial charge on any atom is 0.138 e. The number of aryl methyl sites for hydroxylation is 1. The van der Waals surface area contributed by atoms with Crippen LogP contribution in [0.15, 0.2) is 6.07 Å². The van der Waals surface area contributed by atoms with E-state index >= 15 is 0 Å². The Hall–Kier alpha value is -0.730. The molecular formula is C14H22ClNO. The van der Waals surface area contributed by atoms with Crippen LogP contribution < -0.4 is 10.5 Å². The molecule has 0 spiro atoms. The third-order valence-electron chi connectivity index (χ3n) is 3.11. The summed E-state index contributed by atoms with van der Waals surface area (Å²) < 4.78 is 5.52. The van der Waals surface area contributed by atoms with Gasteiger partial charge >= 0.3 is 0 Å². The Bertz CT molecular complexity index is 390. The Kier molecular flexibility index (Phi) is 5.29. The Morgan fingerprint density at radius 2 is 2.00 bits per heavy atom. The van der Waals surface area contributed by atoms with Crippen molar-refractivity contribution in [1.29, 1.82) is 0 Å². The Labute approximate surface area is 109 Å². The molecule has 0 aliphatic rings. The highest BCUT2D eigenvalue weighted by Gasteiger charge is 2.14. The first-order chi connectivity index (χ1) is 8.01. The van der Waals surface area contributed by atoms with Crippen molar-refractivity contribution in [3.63, 3.8) is 0 Å². The van der Waals surface area contributed by atoms with Crippen molar-refractivity contribution in [2.75, 3.05) is 6.61 Å². The lowest BCUT2D eigenvalue weighted by Crippen LogP contribution is -2.22. The molecule has 0 heterocycles. The Morgan fingerprint density at radius 1 is 1.35 bits per heavy atom. The average molecular weight is 256 g/mol. The van der Waals surface area contributed by atoms with Gasteiger partial charge in [-0.2, -0.15) is 0 Å². The lowest BCUT2D eigenvalue weighted by atomic mass is 9.95. The standard InChI is InChI=1S/C14H22ClNO/c1-5-11(16)8-12-9(3)7-13(17-6-2)14(15)10(12)4/h7,11H,5-6,8,16H2,1-4H3. The molecule has 0 radical (unpaired) electrons. The van der Waals surface area contributed by atoms with Crippen molar-refractivity contribution in [3.05, 3.63) is 27.8 Å². The van der Waals surface area contributed by atoms with Crippen LogP contribution in [-0.4, -0.2) is 12.6 Å². The topological polar surface area (TPSA) is 35.2 Å². The zero-order valence-corrected chi connectivity index (χ0v) is 11.9. The van der Waals surface area contributed by atoms with E-state index in [1.165, 1.54) is 11.1 Å². The highest BCUT2D eigenvalue weighted by Crippen LogP contribution is 2.33. The van der Waals surface area contributed by atoms with Crippen molar-refractivity contribution < 1.29 is 4.74 Å². The minimum atomic E-state index is 0.196. The second-order valence-electron chi connectivity index (χ2n) is 4.41. The summed E-state index contributed by atoms with van der Waals surface area (Å²) in [7, 11) is 0. The molecule has 0 aliphatic carbocycles. The second-order valence-corrected chi connectivity index (χ2v) is 4.79. The molecular weight excluding hydrogens is 234 g/mol. The molecule has 2 N–H and O–H groups in total. The first-order valence-corrected chi connectivity index (χ1v) is 6.55. The summed E-state index contributed by atoms with van der Waals surface area (Å²) >= 11 is 6.31. The van der Waals surface area contributed by atoms with E-state index in [4.69, 9.17) is 22.1 Å². The van der Waals surface area contributed by atoms with E-state index in [-0.39, 0.29) is 6.04 Å². The zero-order valence-electron chi connectivity index (χ0n) is 11.1. The molecule has 1 unspecified atom stereocenters. The van der Waals surface area contributed by atoms with E-state index in [1.807, 2.05) is 19.9 Å². The van der Waals surface area contributed by atoms with Crippen LogP contribution >= 0.6 is 11.6 Å². The summed E-state index contributed by atoms with van der Waals surface area (Å²) in [6.07, 6.45) is 1.85. The van der Waals surface area contributed by atoms with Gasteiger partial charge in [-0.25, -0.2) is 0 Å². The highest BCUT2D eigenvalue weighted by atomic mass is 35.5. The average Bonchev–Trinajstić information content (AvgIpc) is 2.31. The largest absolute Gasteiger partial charge is 0.492 e. The summed E-state index contributed by atoms with van der Waals surface area (Å²) in [5.74, 6) is 0.776. The van der Waals surface area contributed by atoms with Crippen LogP contribution in [0, 0.1) is 13.8 Å². The third kappa shape index (κ3) is 3.36. The molecule has 0 amide bonds. The first-order valence-electron chi connectivity index (χ1n) is 6.18. The molecule has 96 valence electrons. The molecule has 0 aromatic heterocycles. The van der Waals surface area contributed by atoms with Gasteiger partial charge in [0.15, 0.2) is 0 Å². The van der Waals surface area contributed by atoms with E-state index in [2.05, 4.69) is 13.8 Å². The van der Waals surface area contributed by atoms with Gasteiger partial charge in [-0.3, -0.25) is 0 Å². The molecule has 0 saturated heterocycles. The fourth-order valence-electron chi connectivity index (χ4n) is 1.94. The van der Waals surface area contributed by atoms with Crippen molar-refractivity contribution >= 4 is 11.6 Å². The third-order valence-corrected chi connectivity index (χ3v) is 3.58. The second kappa shape index (κ2) is 6.27. The van der Waals surface area contributed by atoms with Crippen LogP contribution in [0.1, 0.15) is 37.0 Å². The lowest BCUT2D eigenvalue weighted by molar-refractivity contribution is 0.340. The summed E-state index contributed by atoms with van der Waals surface area (Å²) in [4.78, 5) is 0. The van der Waals surface area contributed by atoms with Gasteiger partial charge in [-0.05, 0) is 56.4 Å². The molecule has 1 atom stereocenters. The maximum absolute atomic E-state index is 6.31. The van der Waals surface area contributed by atoms with Crippen molar-refractivity contribution in [1.82, 2.24) is 0 Å². The number of hydrogen-bond acceptors (Lipinski definition) is 2. The van der Waals surface area contributed by atoms with Crippen LogP contribution in [0.25, 0.3) is 0 Å². The molecule has 17 heavy (non-hydrogen) atoms. The number of ether oxygens (including phenoxy) is 1. The fraction of sp³-hybridized carbons (Fsp3) is 0.571. The quantitative estimate of drug-likeness (QED) is 0.872. The van der Waals surface area contributed by atoms with Gasteiger partial charge in [-0.1, -0.05) is 18.5 Å². The zero-order chi connectivity index (χ0) is 13.0. The fourth-order valence-corrected chi connectivity index (χ4v) is 2.16. The normalized spacial score (nSPS) is 12.6.